The highest BCUT2D eigenvalue weighted by molar-refractivity contribution is 8.45. The number of carbonyl (C=O) groups excluding carboxylic acids is 1. The van der Waals surface area contributed by atoms with E-state index in [4.69, 9.17) is 5.41 Å². The van der Waals surface area contributed by atoms with Crippen molar-refractivity contribution in [1.82, 2.24) is 9.58 Å². The van der Waals surface area contributed by atoms with Crippen molar-refractivity contribution in [2.75, 3.05) is 0 Å². The van der Waals surface area contributed by atoms with Crippen molar-refractivity contribution >= 4 is 50.9 Å². The molecule has 1 aromatic heterocycles. The summed E-state index contributed by atoms with van der Waals surface area (Å²) >= 11 is 2.91. The van der Waals surface area contributed by atoms with Crippen LogP contribution in [0, 0.1) is 33.1 Å². The molecule has 3 heterocycles. The number of nitrogens with zero attached hydrogens (tertiary/aromatic N) is 4. The largest absolute Gasteiger partial charge is 0.318 e. The second-order valence-corrected chi connectivity index (χ2v) is 10.8. The molecule has 35 heavy (non-hydrogen) atoms. The molecule has 1 amide bonds. The highest BCUT2D eigenvalue weighted by atomic mass is 32.2. The molecule has 2 aliphatic rings. The molecular formula is C27H25N5OS2. The Kier molecular flexibility index (Phi) is 6.25. The van der Waals surface area contributed by atoms with Crippen LogP contribution in [0.4, 0.5) is 0 Å². The fourth-order valence-corrected chi connectivity index (χ4v) is 5.99. The summed E-state index contributed by atoms with van der Waals surface area (Å²) in [5.41, 5.74) is 7.95. The number of benzene rings is 2. The molecular weight excluding hydrogens is 474 g/mol. The summed E-state index contributed by atoms with van der Waals surface area (Å²) < 4.78 is 2.95. The number of amides is 1. The van der Waals surface area contributed by atoms with Gasteiger partial charge in [0, 0.05) is 22.8 Å². The number of aliphatic imine (C=N–C) groups is 1. The molecule has 3 aromatic rings. The van der Waals surface area contributed by atoms with Gasteiger partial charge in [-0.25, -0.2) is 0 Å². The molecule has 0 fully saturated rings. The van der Waals surface area contributed by atoms with E-state index in [9.17, 15) is 4.79 Å². The predicted octanol–water partition coefficient (Wildman–Crippen LogP) is 6.22. The van der Waals surface area contributed by atoms with Gasteiger partial charge in [0.1, 0.15) is 0 Å². The summed E-state index contributed by atoms with van der Waals surface area (Å²) in [4.78, 5) is 17.1. The van der Waals surface area contributed by atoms with Crippen LogP contribution in [0.15, 0.2) is 70.3 Å². The van der Waals surface area contributed by atoms with Crippen LogP contribution < -0.4 is 0 Å². The molecule has 6 nitrogen and oxygen atoms in total. The van der Waals surface area contributed by atoms with Crippen LogP contribution >= 0.6 is 23.5 Å². The zero-order valence-corrected chi connectivity index (χ0v) is 21.6. The van der Waals surface area contributed by atoms with Gasteiger partial charge in [0.25, 0.3) is 5.91 Å². The molecule has 0 atom stereocenters. The minimum absolute atomic E-state index is 0.0544. The Morgan fingerprint density at radius 1 is 1.03 bits per heavy atom. The zero-order chi connectivity index (χ0) is 24.7. The molecule has 0 unspecified atom stereocenters. The molecule has 5 rings (SSSR count). The smallest absolute Gasteiger partial charge is 0.283 e. The van der Waals surface area contributed by atoms with Gasteiger partial charge < -0.3 is 4.57 Å². The summed E-state index contributed by atoms with van der Waals surface area (Å²) in [6.07, 6.45) is 1.76. The Morgan fingerprint density at radius 2 is 1.80 bits per heavy atom. The van der Waals surface area contributed by atoms with Crippen molar-refractivity contribution in [2.24, 2.45) is 10.1 Å². The van der Waals surface area contributed by atoms with E-state index in [0.29, 0.717) is 5.17 Å². The van der Waals surface area contributed by atoms with Crippen LogP contribution in [0.3, 0.4) is 0 Å². The number of rotatable bonds is 4. The summed E-state index contributed by atoms with van der Waals surface area (Å²) in [6, 6.07) is 18.6. The van der Waals surface area contributed by atoms with E-state index in [1.807, 2.05) is 38.1 Å². The lowest BCUT2D eigenvalue weighted by atomic mass is 10.1. The molecule has 2 aliphatic heterocycles. The lowest BCUT2D eigenvalue weighted by molar-refractivity contribution is -0.114. The van der Waals surface area contributed by atoms with Crippen molar-refractivity contribution < 1.29 is 4.79 Å². The van der Waals surface area contributed by atoms with Gasteiger partial charge >= 0.3 is 0 Å². The quantitative estimate of drug-likeness (QED) is 0.433. The van der Waals surface area contributed by atoms with E-state index >= 15 is 0 Å². The second-order valence-electron chi connectivity index (χ2n) is 8.59. The van der Waals surface area contributed by atoms with E-state index in [2.05, 4.69) is 58.8 Å². The first-order valence-corrected chi connectivity index (χ1v) is 13.1. The number of carbonyl (C=O) groups is 1. The number of thioether (sulfide) groups is 2. The van der Waals surface area contributed by atoms with Crippen LogP contribution in [0.25, 0.3) is 11.8 Å². The van der Waals surface area contributed by atoms with Gasteiger partial charge in [0.2, 0.25) is 5.17 Å². The van der Waals surface area contributed by atoms with Gasteiger partial charge in [-0.1, -0.05) is 48.2 Å². The lowest BCUT2D eigenvalue weighted by Gasteiger charge is -2.20. The highest BCUT2D eigenvalue weighted by Gasteiger charge is 2.36. The first kappa shape index (κ1) is 23.4. The summed E-state index contributed by atoms with van der Waals surface area (Å²) in [5, 5.41) is 15.2. The van der Waals surface area contributed by atoms with Crippen molar-refractivity contribution in [3.63, 3.8) is 0 Å². The van der Waals surface area contributed by atoms with Crippen LogP contribution in [-0.4, -0.2) is 30.9 Å². The average Bonchev–Trinajstić information content (AvgIpc) is 3.37. The number of aromatic nitrogens is 1. The molecule has 8 heteroatoms. The third kappa shape index (κ3) is 4.51. The van der Waals surface area contributed by atoms with E-state index in [-0.39, 0.29) is 11.4 Å². The van der Waals surface area contributed by atoms with E-state index in [1.165, 1.54) is 33.5 Å². The Labute approximate surface area is 213 Å². The zero-order valence-electron chi connectivity index (χ0n) is 20.0. The first-order valence-electron chi connectivity index (χ1n) is 11.3. The fraction of sp³-hybridized carbons (Fsp3) is 0.185. The van der Waals surface area contributed by atoms with E-state index in [0.717, 1.165) is 32.8 Å². The van der Waals surface area contributed by atoms with E-state index in [1.54, 1.807) is 17.8 Å². The monoisotopic (exact) mass is 499 g/mol. The van der Waals surface area contributed by atoms with Crippen molar-refractivity contribution in [2.45, 2.75) is 33.4 Å². The Morgan fingerprint density at radius 3 is 2.54 bits per heavy atom. The molecule has 0 radical (unpaired) electrons. The second kappa shape index (κ2) is 9.36. The average molecular weight is 500 g/mol. The van der Waals surface area contributed by atoms with Gasteiger partial charge in [-0.05, 0) is 86.0 Å². The maximum atomic E-state index is 12.9. The molecule has 176 valence electrons. The van der Waals surface area contributed by atoms with Crippen LogP contribution in [0.5, 0.6) is 0 Å². The number of hydrogen-bond donors (Lipinski definition) is 1. The number of fused-ring (bicyclic) bond motifs is 1. The molecule has 0 spiro atoms. The van der Waals surface area contributed by atoms with E-state index < -0.39 is 5.91 Å². The van der Waals surface area contributed by atoms with Crippen molar-refractivity contribution in [3.05, 3.63) is 93.8 Å². The fourth-order valence-electron chi connectivity index (χ4n) is 4.10. The first-order chi connectivity index (χ1) is 16.8. The third-order valence-electron chi connectivity index (χ3n) is 6.16. The topological polar surface area (TPSA) is 73.8 Å². The Bertz CT molecular complexity index is 1450. The van der Waals surface area contributed by atoms with Crippen molar-refractivity contribution in [3.8, 4) is 5.69 Å². The van der Waals surface area contributed by atoms with Crippen LogP contribution in [-0.2, 0) is 10.5 Å². The maximum absolute atomic E-state index is 12.9. The standard InChI is InChI=1S/C27H25N5OS2/c1-16-10-11-22(12-17(16)2)31-18(3)13-21(19(31)4)14-23-24(28)32-26(29-25(23)33)35-27(30-32)34-15-20-8-6-5-7-9-20/h5-14,28H,15H2,1-4H3. The summed E-state index contributed by atoms with van der Waals surface area (Å²) in [6.45, 7) is 8.28. The molecule has 2 aromatic carbocycles. The van der Waals surface area contributed by atoms with Gasteiger partial charge in [-0.15, -0.1) is 5.10 Å². The van der Waals surface area contributed by atoms with Gasteiger partial charge in [-0.2, -0.15) is 10.0 Å². The van der Waals surface area contributed by atoms with Gasteiger partial charge in [0.05, 0.1) is 5.57 Å². The molecule has 0 saturated heterocycles. The number of hydrogen-bond acceptors (Lipinski definition) is 5. The minimum atomic E-state index is -0.408. The summed E-state index contributed by atoms with van der Waals surface area (Å²) in [7, 11) is 0. The predicted molar refractivity (Wildman–Crippen MR) is 147 cm³/mol. The third-order valence-corrected chi connectivity index (χ3v) is 8.27. The Balaban J connectivity index is 1.41. The number of nitrogens with one attached hydrogen (secondary N) is 1. The molecule has 0 bridgehead atoms. The molecule has 0 saturated carbocycles. The van der Waals surface area contributed by atoms with Crippen LogP contribution in [0.1, 0.15) is 33.6 Å². The highest BCUT2D eigenvalue weighted by Crippen LogP contribution is 2.34. The van der Waals surface area contributed by atoms with Gasteiger partial charge in [-0.3, -0.25) is 10.2 Å². The number of hydrazone groups is 1. The SMILES string of the molecule is Cc1ccc(-n2c(C)cc(C=C3C(=N)N4N=C(SCc5ccccc5)SC4=NC3=O)c2C)cc1C. The molecule has 1 N–H and O–H groups in total. The normalized spacial score (nSPS) is 16.6. The minimum Gasteiger partial charge on any atom is -0.318 e. The van der Waals surface area contributed by atoms with Crippen molar-refractivity contribution in [1.29, 1.82) is 5.41 Å². The lowest BCUT2D eigenvalue weighted by Crippen LogP contribution is -2.35. The van der Waals surface area contributed by atoms with Crippen LogP contribution in [0.2, 0.25) is 0 Å². The summed E-state index contributed by atoms with van der Waals surface area (Å²) in [5.74, 6) is 0.412. The molecule has 0 aliphatic carbocycles. The Hall–Kier alpha value is -3.36. The number of amidine groups is 2. The number of aryl methyl sites for hydroxylation is 3. The maximum Gasteiger partial charge on any atom is 0.283 e. The van der Waals surface area contributed by atoms with Gasteiger partial charge in [0.15, 0.2) is 10.2 Å².